The Bertz CT molecular complexity index is 4520. The molecule has 112 heavy (non-hydrogen) atoms. The van der Waals surface area contributed by atoms with Crippen LogP contribution in [0, 0.1) is 23.7 Å². The molecule has 1 aromatic heterocycles. The molecule has 22 nitrogen and oxygen atoms in total. The number of Topliss-reactive ketones (excluding diaryl/α,β-unsaturated/α-hetero) is 1. The van der Waals surface area contributed by atoms with Crippen LogP contribution < -0.4 is 20.3 Å². The van der Waals surface area contributed by atoms with Crippen molar-refractivity contribution in [2.45, 2.75) is 137 Å². The number of ether oxygens (including phenoxy) is 1. The standard InChI is InChI=1S/C82H105ClF3N11O11S4/c1-56(58-16-18-60(19-17-58)76-57(2)87-55-110-76)88-78(102)71-48-66(98)52-97(71)79(103)75(80(3,4)5)72(99)14-11-15-74(100)96-42-36-93(37-43-96)35-34-91(7)54-81(6)32-30-69(59-20-24-63(83)25-21-59)62(50-81)51-94-38-40-95(41-39-94)65-26-22-61(23-27-65)77(101)90-112(106,107)68-28-29-70(73(49-68)111(104,105)82(84,85)86)89-64(31-33-92-44-46-108-47-45-92)53-109-67-12-9-8-10-13-67/h8-10,12-13,16-29,49,55-56,64,66,71,75,89,98H,11,14-15,30-48,50-54H2,1-7H3,(H,88,102)(H,90,101)/t56-,64+,66+,71-,75-,81?/m0/s1. The van der Waals surface area contributed by atoms with E-state index >= 15 is 0 Å². The number of rotatable bonds is 31. The highest BCUT2D eigenvalue weighted by atomic mass is 35.5. The minimum absolute atomic E-state index is 0.0235. The van der Waals surface area contributed by atoms with Gasteiger partial charge in [0.1, 0.15) is 22.6 Å². The summed E-state index contributed by atoms with van der Waals surface area (Å²) in [6, 6.07) is 32.2. The Kier molecular flexibility index (Phi) is 28.7. The highest BCUT2D eigenvalue weighted by molar-refractivity contribution is 7.99. The molecule has 0 spiro atoms. The lowest BCUT2D eigenvalue weighted by molar-refractivity contribution is -0.149. The van der Waals surface area contributed by atoms with Crippen LogP contribution in [0.4, 0.5) is 24.5 Å². The van der Waals surface area contributed by atoms with Crippen molar-refractivity contribution in [2.75, 3.05) is 141 Å². The van der Waals surface area contributed by atoms with Gasteiger partial charge in [0.05, 0.1) is 52.0 Å². The summed E-state index contributed by atoms with van der Waals surface area (Å²) in [6.07, 6.45) is 2.80. The maximum Gasteiger partial charge on any atom is 0.501 e. The molecule has 6 atom stereocenters. The third-order valence-electron chi connectivity index (χ3n) is 22.1. The van der Waals surface area contributed by atoms with E-state index in [0.717, 1.165) is 109 Å². The molecule has 1 aliphatic carbocycles. The summed E-state index contributed by atoms with van der Waals surface area (Å²) < 4.78 is 105. The van der Waals surface area contributed by atoms with Gasteiger partial charge in [-0.15, -0.1) is 23.1 Å². The highest BCUT2D eigenvalue weighted by Crippen LogP contribution is 2.45. The van der Waals surface area contributed by atoms with E-state index in [4.69, 9.17) is 16.3 Å². The summed E-state index contributed by atoms with van der Waals surface area (Å²) in [7, 11) is -8.85. The van der Waals surface area contributed by atoms with Crippen LogP contribution in [0.5, 0.6) is 0 Å². The number of anilines is 2. The normalized spacial score (nSPS) is 20.2. The number of aryl methyl sites for hydroxylation is 1. The van der Waals surface area contributed by atoms with Gasteiger partial charge >= 0.3 is 5.51 Å². The molecule has 606 valence electrons. The van der Waals surface area contributed by atoms with Gasteiger partial charge in [-0.1, -0.05) is 99.5 Å². The number of hydrogen-bond acceptors (Lipinski definition) is 20. The molecule has 4 saturated heterocycles. The van der Waals surface area contributed by atoms with Crippen LogP contribution in [0.25, 0.3) is 16.0 Å². The van der Waals surface area contributed by atoms with E-state index in [9.17, 15) is 59.1 Å². The second-order valence-electron chi connectivity index (χ2n) is 31.7. The number of likely N-dealkylation sites (N-methyl/N-ethyl adjacent to an activating group) is 1. The van der Waals surface area contributed by atoms with Crippen LogP contribution in [-0.2, 0) is 43.8 Å². The fourth-order valence-corrected chi connectivity index (χ4v) is 19.8. The van der Waals surface area contributed by atoms with Gasteiger partial charge < -0.3 is 40.1 Å². The first kappa shape index (κ1) is 85.6. The van der Waals surface area contributed by atoms with Gasteiger partial charge in [0.25, 0.3) is 25.8 Å². The van der Waals surface area contributed by atoms with E-state index in [1.54, 1.807) is 23.5 Å². The monoisotopic (exact) mass is 1640 g/mol. The van der Waals surface area contributed by atoms with Crippen LogP contribution in [0.15, 0.2) is 147 Å². The number of aliphatic hydroxyl groups is 1. The van der Waals surface area contributed by atoms with Crippen molar-refractivity contribution < 1.29 is 63.8 Å². The van der Waals surface area contributed by atoms with Crippen molar-refractivity contribution >= 4 is 101 Å². The van der Waals surface area contributed by atoms with Crippen molar-refractivity contribution in [3.8, 4) is 10.4 Å². The van der Waals surface area contributed by atoms with E-state index < -0.39 is 88.1 Å². The van der Waals surface area contributed by atoms with Crippen LogP contribution in [0.2, 0.25) is 5.02 Å². The molecular weight excluding hydrogens is 1540 g/mol. The lowest BCUT2D eigenvalue weighted by Crippen LogP contribution is -2.52. The molecule has 1 unspecified atom stereocenters. The molecular formula is C82H105ClF3N11O11S4. The Morgan fingerprint density at radius 1 is 0.812 bits per heavy atom. The maximum atomic E-state index is 14.4. The third-order valence-corrected chi connectivity index (χ3v) is 27.4. The van der Waals surface area contributed by atoms with Crippen molar-refractivity contribution in [3.05, 3.63) is 160 Å². The molecule has 0 saturated carbocycles. The smallest absolute Gasteiger partial charge is 0.391 e. The molecule has 5 heterocycles. The van der Waals surface area contributed by atoms with Gasteiger partial charge in [0.2, 0.25) is 17.7 Å². The number of likely N-dealkylation sites (tertiary alicyclic amines) is 1. The topological polar surface area (TPSA) is 255 Å². The van der Waals surface area contributed by atoms with Crippen LogP contribution in [-0.4, -0.2) is 240 Å². The number of β-amino-alcohol motifs (C(OH)–C–C–N with tert-alkyl or cyclic N) is 1. The van der Waals surface area contributed by atoms with Crippen molar-refractivity contribution in [3.63, 3.8) is 0 Å². The molecule has 4 fully saturated rings. The van der Waals surface area contributed by atoms with Crippen molar-refractivity contribution in [1.82, 2.24) is 44.4 Å². The van der Waals surface area contributed by atoms with Crippen LogP contribution >= 0.6 is 34.7 Å². The van der Waals surface area contributed by atoms with E-state index in [1.165, 1.54) is 39.9 Å². The first-order valence-corrected chi connectivity index (χ1v) is 43.7. The zero-order valence-electron chi connectivity index (χ0n) is 64.9. The average Bonchev–Trinajstić information content (AvgIpc) is 0.999. The molecule has 6 aromatic rings. The minimum atomic E-state index is -6.11. The minimum Gasteiger partial charge on any atom is -0.391 e. The molecule has 0 radical (unpaired) electrons. The number of carbonyl (C=O) groups excluding carboxylic acids is 5. The number of thioether (sulfide) groups is 1. The zero-order valence-corrected chi connectivity index (χ0v) is 68.9. The van der Waals surface area contributed by atoms with Gasteiger partial charge in [0.15, 0.2) is 0 Å². The van der Waals surface area contributed by atoms with Gasteiger partial charge in [-0.25, -0.2) is 26.5 Å². The number of alkyl halides is 3. The van der Waals surface area contributed by atoms with Gasteiger partial charge in [-0.3, -0.25) is 38.7 Å². The summed E-state index contributed by atoms with van der Waals surface area (Å²) >= 11 is 9.40. The number of hydrogen-bond donors (Lipinski definition) is 4. The molecule has 4 aliphatic heterocycles. The van der Waals surface area contributed by atoms with Gasteiger partial charge in [-0.05, 0) is 153 Å². The van der Waals surface area contributed by atoms with Crippen molar-refractivity contribution in [1.29, 1.82) is 0 Å². The van der Waals surface area contributed by atoms with Crippen molar-refractivity contribution in [2.24, 2.45) is 16.7 Å². The number of aromatic nitrogens is 1. The first-order valence-electron chi connectivity index (χ1n) is 38.5. The SMILES string of the molecule is Cc1ncsc1-c1ccc([C@H](C)NC(=O)[C@@H]2C[C@@H](O)CN2C(=O)[C@H](C(=O)CCCC(=O)N2CCN(CCN(C)CC3(C)CCC(c4ccc(Cl)cc4)=C(CN4CCN(c5ccc(C(=O)NS(=O)(=O)c6ccc(N[C@H](CCN7CCOCC7)CSc7ccccc7)c(S(=O)(=O)C(F)(F)F)c6)cc5)CC4)C3)CC2)C(C)(C)C)cc1. The highest BCUT2D eigenvalue weighted by Gasteiger charge is 2.50. The lowest BCUT2D eigenvalue weighted by atomic mass is 9.71. The number of ketones is 1. The number of morpholine rings is 1. The Morgan fingerprint density at radius 3 is 2.12 bits per heavy atom. The molecule has 30 heteroatoms. The number of sulfone groups is 1. The van der Waals surface area contributed by atoms with E-state index in [2.05, 4.69) is 66.2 Å². The summed E-state index contributed by atoms with van der Waals surface area (Å²) in [5.41, 5.74) is 2.26. The van der Waals surface area contributed by atoms with Crippen LogP contribution in [0.1, 0.15) is 119 Å². The number of carbonyl (C=O) groups is 5. The summed E-state index contributed by atoms with van der Waals surface area (Å²) in [6.45, 7) is 23.2. The van der Waals surface area contributed by atoms with Crippen LogP contribution in [0.3, 0.4) is 0 Å². The lowest BCUT2D eigenvalue weighted by Gasteiger charge is -2.42. The predicted octanol–water partition coefficient (Wildman–Crippen LogP) is 11.6. The van der Waals surface area contributed by atoms with E-state index in [1.807, 2.05) is 116 Å². The van der Waals surface area contributed by atoms with Gasteiger partial charge in [-0.2, -0.15) is 13.2 Å². The maximum absolute atomic E-state index is 14.4. The second kappa shape index (κ2) is 37.5. The molecule has 11 rings (SSSR count). The summed E-state index contributed by atoms with van der Waals surface area (Å²) in [5, 5.41) is 17.5. The predicted molar refractivity (Wildman–Crippen MR) is 434 cm³/mol. The molecule has 4 amide bonds. The largest absolute Gasteiger partial charge is 0.501 e. The number of amides is 4. The number of nitrogens with one attached hydrogen (secondary N) is 3. The fourth-order valence-electron chi connectivity index (χ4n) is 15.9. The number of sulfonamides is 1. The Labute approximate surface area is 670 Å². The number of halogens is 4. The fraction of sp³-hybridized carbons (Fsp3) is 0.512. The zero-order chi connectivity index (χ0) is 80.3. The number of thiazole rings is 1. The number of piperazine rings is 2. The molecule has 4 N–H and O–H groups in total. The number of allylic oxidation sites excluding steroid dienone is 1. The third kappa shape index (κ3) is 22.2. The molecule has 5 aromatic carbocycles. The Morgan fingerprint density at radius 2 is 1.47 bits per heavy atom. The van der Waals surface area contributed by atoms with E-state index in [0.29, 0.717) is 95.4 Å². The Hall–Kier alpha value is -7.29. The number of aliphatic hydroxyl groups excluding tert-OH is 1. The second-order valence-corrected chi connectivity index (χ2v) is 37.7. The number of benzene rings is 5. The quantitative estimate of drug-likeness (QED) is 0.0233. The molecule has 0 bridgehead atoms. The number of nitrogens with zero attached hydrogens (tertiary/aromatic N) is 8. The average molecular weight is 1640 g/mol. The summed E-state index contributed by atoms with van der Waals surface area (Å²) in [5.74, 6) is -3.00. The van der Waals surface area contributed by atoms with E-state index in [-0.39, 0.29) is 60.9 Å². The molecule has 5 aliphatic rings. The first-order chi connectivity index (χ1) is 53.2. The Balaban J connectivity index is 0.633. The van der Waals surface area contributed by atoms with Gasteiger partial charge in [0, 0.05) is 157 Å². The summed E-state index contributed by atoms with van der Waals surface area (Å²) in [4.78, 5) is 88.8.